The molecule has 1 heterocycles. The number of nitrogens with zero attached hydrogens (tertiary/aromatic N) is 3. The van der Waals surface area contributed by atoms with Crippen molar-refractivity contribution in [1.29, 1.82) is 0 Å². The molecule has 37 heavy (non-hydrogen) atoms. The number of benzene rings is 3. The summed E-state index contributed by atoms with van der Waals surface area (Å²) in [5.74, 6) is -0.433. The Bertz CT molecular complexity index is 1570. The van der Waals surface area contributed by atoms with Crippen LogP contribution in [0.4, 0.5) is 11.4 Å². The highest BCUT2D eigenvalue weighted by molar-refractivity contribution is 7.92. The molecule has 3 aromatic rings. The molecule has 0 atom stereocenters. The summed E-state index contributed by atoms with van der Waals surface area (Å²) in [6, 6.07) is 16.0. The van der Waals surface area contributed by atoms with Gasteiger partial charge in [-0.15, -0.1) is 0 Å². The maximum Gasteiger partial charge on any atom is 0.264 e. The first-order valence-electron chi connectivity index (χ1n) is 11.5. The summed E-state index contributed by atoms with van der Waals surface area (Å²) in [4.78, 5) is 15.3. The summed E-state index contributed by atoms with van der Waals surface area (Å²) < 4.78 is 54.8. The minimum Gasteiger partial charge on any atom is -0.310 e. The number of hydrogen-bond donors (Lipinski definition) is 0. The predicted octanol–water partition coefficient (Wildman–Crippen LogP) is 3.99. The third-order valence-corrected chi connectivity index (χ3v) is 10.4. The van der Waals surface area contributed by atoms with E-state index in [-0.39, 0.29) is 9.79 Å². The van der Waals surface area contributed by atoms with Crippen molar-refractivity contribution in [1.82, 2.24) is 4.31 Å². The van der Waals surface area contributed by atoms with Gasteiger partial charge in [-0.2, -0.15) is 0 Å². The van der Waals surface area contributed by atoms with Crippen LogP contribution in [-0.2, 0) is 31.3 Å². The lowest BCUT2D eigenvalue weighted by molar-refractivity contribution is -0.117. The Morgan fingerprint density at radius 2 is 1.57 bits per heavy atom. The number of anilines is 2. The van der Waals surface area contributed by atoms with Crippen LogP contribution in [0.15, 0.2) is 70.5 Å². The Balaban J connectivity index is 1.72. The van der Waals surface area contributed by atoms with Crippen LogP contribution in [0.1, 0.15) is 16.7 Å². The zero-order chi connectivity index (χ0) is 27.1. The molecule has 196 valence electrons. The summed E-state index contributed by atoms with van der Waals surface area (Å²) in [6.45, 7) is 3.43. The molecule has 0 saturated carbocycles. The number of sulfonamides is 2. The highest BCUT2D eigenvalue weighted by atomic mass is 35.5. The Hall–Kier alpha value is -2.92. The van der Waals surface area contributed by atoms with Crippen molar-refractivity contribution < 1.29 is 21.6 Å². The zero-order valence-electron chi connectivity index (χ0n) is 21.0. The van der Waals surface area contributed by atoms with Crippen molar-refractivity contribution in [3.8, 4) is 0 Å². The lowest BCUT2D eigenvalue weighted by Gasteiger charge is -2.28. The molecule has 0 fully saturated rings. The number of rotatable bonds is 7. The number of carbonyl (C=O) groups is 1. The third kappa shape index (κ3) is 5.11. The minimum absolute atomic E-state index is 0.0608. The van der Waals surface area contributed by atoms with Gasteiger partial charge in [0.25, 0.3) is 10.0 Å². The maximum absolute atomic E-state index is 13.8. The van der Waals surface area contributed by atoms with E-state index >= 15 is 0 Å². The Labute approximate surface area is 223 Å². The molecule has 1 aliphatic heterocycles. The van der Waals surface area contributed by atoms with Gasteiger partial charge >= 0.3 is 0 Å². The van der Waals surface area contributed by atoms with Gasteiger partial charge in [-0.25, -0.2) is 21.1 Å². The van der Waals surface area contributed by atoms with Crippen LogP contribution in [0.25, 0.3) is 0 Å². The second-order valence-corrected chi connectivity index (χ2v) is 13.5. The summed E-state index contributed by atoms with van der Waals surface area (Å²) in [7, 11) is -4.81. The van der Waals surface area contributed by atoms with Gasteiger partial charge in [-0.05, 0) is 73.9 Å². The van der Waals surface area contributed by atoms with Gasteiger partial charge in [-0.1, -0.05) is 35.4 Å². The quantitative estimate of drug-likeness (QED) is 0.435. The minimum atomic E-state index is -4.11. The number of carbonyl (C=O) groups excluding carboxylic acids is 1. The van der Waals surface area contributed by atoms with E-state index in [1.165, 1.54) is 37.2 Å². The first-order valence-corrected chi connectivity index (χ1v) is 14.8. The molecule has 0 aliphatic carbocycles. The molecular formula is C26H28ClN3O5S2. The summed E-state index contributed by atoms with van der Waals surface area (Å²) >= 11 is 6.31. The van der Waals surface area contributed by atoms with E-state index in [9.17, 15) is 21.6 Å². The molecule has 0 spiro atoms. The van der Waals surface area contributed by atoms with Gasteiger partial charge in [0.2, 0.25) is 15.9 Å². The van der Waals surface area contributed by atoms with E-state index < -0.39 is 32.5 Å². The lowest BCUT2D eigenvalue weighted by atomic mass is 10.2. The van der Waals surface area contributed by atoms with Crippen molar-refractivity contribution in [2.45, 2.75) is 30.1 Å². The Morgan fingerprint density at radius 3 is 2.22 bits per heavy atom. The smallest absolute Gasteiger partial charge is 0.264 e. The Kier molecular flexibility index (Phi) is 7.40. The van der Waals surface area contributed by atoms with Gasteiger partial charge in [-0.3, -0.25) is 9.10 Å². The van der Waals surface area contributed by atoms with E-state index in [4.69, 9.17) is 11.6 Å². The maximum atomic E-state index is 13.8. The topological polar surface area (TPSA) is 95.1 Å². The average Bonchev–Trinajstić information content (AvgIpc) is 3.28. The molecule has 0 unspecified atom stereocenters. The second-order valence-electron chi connectivity index (χ2n) is 9.08. The van der Waals surface area contributed by atoms with E-state index in [2.05, 4.69) is 0 Å². The van der Waals surface area contributed by atoms with Crippen molar-refractivity contribution >= 4 is 48.9 Å². The molecule has 0 N–H and O–H groups in total. The summed E-state index contributed by atoms with van der Waals surface area (Å²) in [5, 5.41) is 0.384. The predicted molar refractivity (Wildman–Crippen MR) is 145 cm³/mol. The summed E-state index contributed by atoms with van der Waals surface area (Å²) in [5.41, 5.74) is 3.03. The van der Waals surface area contributed by atoms with Crippen LogP contribution in [0, 0.1) is 13.8 Å². The van der Waals surface area contributed by atoms with Gasteiger partial charge in [0.05, 0.1) is 15.5 Å². The molecule has 0 bridgehead atoms. The van der Waals surface area contributed by atoms with Crippen LogP contribution in [0.2, 0.25) is 5.02 Å². The van der Waals surface area contributed by atoms with Crippen molar-refractivity contribution in [3.63, 3.8) is 0 Å². The average molecular weight is 562 g/mol. The second kappa shape index (κ2) is 10.1. The molecular weight excluding hydrogens is 534 g/mol. The SMILES string of the molecule is Cc1ccc(S(=O)(=O)N(CC(=O)N2CCc3cc(S(=O)(=O)N(C)C)ccc32)c2cccc(Cl)c2C)cc1. The molecule has 11 heteroatoms. The molecule has 4 rings (SSSR count). The van der Waals surface area contributed by atoms with Gasteiger partial charge < -0.3 is 4.90 Å². The fourth-order valence-electron chi connectivity index (χ4n) is 4.22. The largest absolute Gasteiger partial charge is 0.310 e. The molecule has 8 nitrogen and oxygen atoms in total. The van der Waals surface area contributed by atoms with E-state index in [1.807, 2.05) is 6.92 Å². The van der Waals surface area contributed by atoms with E-state index in [0.29, 0.717) is 40.5 Å². The lowest BCUT2D eigenvalue weighted by Crippen LogP contribution is -2.43. The number of aryl methyl sites for hydroxylation is 1. The van der Waals surface area contributed by atoms with Crippen LogP contribution in [-0.4, -0.2) is 54.2 Å². The Morgan fingerprint density at radius 1 is 0.919 bits per heavy atom. The molecule has 1 aliphatic rings. The number of amides is 1. The molecule has 0 radical (unpaired) electrons. The zero-order valence-corrected chi connectivity index (χ0v) is 23.4. The fourth-order valence-corrected chi connectivity index (χ4v) is 6.81. The third-order valence-electron chi connectivity index (χ3n) is 6.42. The van der Waals surface area contributed by atoms with Gasteiger partial charge in [0, 0.05) is 31.4 Å². The highest BCUT2D eigenvalue weighted by Gasteiger charge is 2.33. The van der Waals surface area contributed by atoms with Crippen LogP contribution < -0.4 is 9.21 Å². The standard InChI is InChI=1S/C26H28ClN3O5S2/c1-18-8-10-21(11-9-18)37(34,35)30(24-7-5-6-23(27)19(24)2)17-26(31)29-15-14-20-16-22(12-13-25(20)29)36(32,33)28(3)4/h5-13,16H,14-15,17H2,1-4H3. The van der Waals surface area contributed by atoms with Crippen molar-refractivity contribution in [3.05, 3.63) is 82.4 Å². The van der Waals surface area contributed by atoms with E-state index in [1.54, 1.807) is 49.4 Å². The first-order chi connectivity index (χ1) is 17.3. The molecule has 0 saturated heterocycles. The summed E-state index contributed by atoms with van der Waals surface area (Å²) in [6.07, 6.45) is 0.457. The van der Waals surface area contributed by atoms with Gasteiger partial charge in [0.15, 0.2) is 0 Å². The number of hydrogen-bond acceptors (Lipinski definition) is 5. The number of halogens is 1. The molecule has 0 aromatic heterocycles. The van der Waals surface area contributed by atoms with Crippen LogP contribution in [0.3, 0.4) is 0 Å². The number of fused-ring (bicyclic) bond motifs is 1. The van der Waals surface area contributed by atoms with Crippen LogP contribution >= 0.6 is 11.6 Å². The fraction of sp³-hybridized carbons (Fsp3) is 0.269. The van der Waals surface area contributed by atoms with E-state index in [0.717, 1.165) is 14.2 Å². The van der Waals surface area contributed by atoms with Crippen molar-refractivity contribution in [2.24, 2.45) is 0 Å². The van der Waals surface area contributed by atoms with Crippen LogP contribution in [0.5, 0.6) is 0 Å². The van der Waals surface area contributed by atoms with Gasteiger partial charge in [0.1, 0.15) is 6.54 Å². The normalized spacial score (nSPS) is 13.6. The monoisotopic (exact) mass is 561 g/mol. The van der Waals surface area contributed by atoms with Crippen molar-refractivity contribution in [2.75, 3.05) is 36.4 Å². The molecule has 1 amide bonds. The molecule has 3 aromatic carbocycles. The highest BCUT2D eigenvalue weighted by Crippen LogP contribution is 2.34. The first kappa shape index (κ1) is 27.1.